The van der Waals surface area contributed by atoms with Crippen LogP contribution in [0.4, 0.5) is 28.4 Å². The molecular weight excluding hydrogens is 997 g/mol. The van der Waals surface area contributed by atoms with Crippen molar-refractivity contribution in [3.8, 4) is 28.2 Å². The summed E-state index contributed by atoms with van der Waals surface area (Å²) in [5, 5.41) is 7.48. The Kier molecular flexibility index (Phi) is 11.7. The normalized spacial score (nSPS) is 13.8. The molecule has 392 valence electrons. The minimum atomic E-state index is 0.516. The lowest BCUT2D eigenvalue weighted by Crippen LogP contribution is -2.19. The van der Waals surface area contributed by atoms with E-state index in [1.165, 1.54) is 103 Å². The Hall–Kier alpha value is -10.0. The molecule has 1 fully saturated rings. The number of nitrogens with zero attached hydrogens (tertiary/aromatic N) is 6. The van der Waals surface area contributed by atoms with Crippen LogP contribution < -0.4 is 9.80 Å². The van der Waals surface area contributed by atoms with Crippen molar-refractivity contribution in [2.75, 3.05) is 9.80 Å². The van der Waals surface area contributed by atoms with Crippen LogP contribution >= 0.6 is 0 Å². The highest BCUT2D eigenvalue weighted by molar-refractivity contribution is 6.11. The van der Waals surface area contributed by atoms with E-state index in [2.05, 4.69) is 268 Å². The molecule has 0 atom stereocenters. The number of aryl methyl sites for hydroxylation is 1. The van der Waals surface area contributed by atoms with Crippen LogP contribution in [0.1, 0.15) is 55.7 Å². The average Bonchev–Trinajstić information content (AvgIpc) is 4.26. The SMILES string of the molecule is C1=C(N(c2ccc(-c3nc4ccccc4nc3-c3ccc(N(c4ccc5ccccc5c4)c4ccc5c(c4)c4ccccc4n5C4CCCCC4)cc3)cc2)c2ccc3c(c2)c2ccccc2n3-c2ccccc2)CCc2ccccc21. The first-order chi connectivity index (χ1) is 40.6. The van der Waals surface area contributed by atoms with E-state index >= 15 is 0 Å². The number of aromatic nitrogens is 4. The molecule has 0 spiro atoms. The van der Waals surface area contributed by atoms with Gasteiger partial charge in [-0.2, -0.15) is 0 Å². The summed E-state index contributed by atoms with van der Waals surface area (Å²) in [7, 11) is 0. The highest BCUT2D eigenvalue weighted by Crippen LogP contribution is 2.45. The molecule has 11 aromatic carbocycles. The second-order valence-electron chi connectivity index (χ2n) is 22.3. The zero-order chi connectivity index (χ0) is 54.1. The number of hydrogen-bond donors (Lipinski definition) is 0. The molecule has 6 nitrogen and oxygen atoms in total. The van der Waals surface area contributed by atoms with Gasteiger partial charge < -0.3 is 18.9 Å². The Labute approximate surface area is 477 Å². The molecule has 3 heterocycles. The number of fused-ring (bicyclic) bond motifs is 9. The molecule has 0 unspecified atom stereocenters. The van der Waals surface area contributed by atoms with Crippen LogP contribution in [0.3, 0.4) is 0 Å². The quantitative estimate of drug-likeness (QED) is 0.137. The summed E-state index contributed by atoms with van der Waals surface area (Å²) in [5.41, 5.74) is 21.0. The van der Waals surface area contributed by atoms with Gasteiger partial charge in [-0.1, -0.05) is 165 Å². The van der Waals surface area contributed by atoms with E-state index in [0.717, 1.165) is 80.5 Å². The Bertz CT molecular complexity index is 4790. The van der Waals surface area contributed by atoms with Crippen molar-refractivity contribution in [1.82, 2.24) is 19.1 Å². The van der Waals surface area contributed by atoms with E-state index in [1.807, 2.05) is 12.1 Å². The van der Waals surface area contributed by atoms with Gasteiger partial charge in [0.1, 0.15) is 0 Å². The summed E-state index contributed by atoms with van der Waals surface area (Å²) in [6.07, 6.45) is 10.6. The summed E-state index contributed by atoms with van der Waals surface area (Å²) in [5.74, 6) is 0. The lowest BCUT2D eigenvalue weighted by atomic mass is 9.94. The van der Waals surface area contributed by atoms with Crippen LogP contribution in [-0.2, 0) is 6.42 Å². The van der Waals surface area contributed by atoms with E-state index < -0.39 is 0 Å². The zero-order valence-corrected chi connectivity index (χ0v) is 45.5. The number of hydrogen-bond acceptors (Lipinski definition) is 4. The van der Waals surface area contributed by atoms with Gasteiger partial charge in [0.15, 0.2) is 0 Å². The van der Waals surface area contributed by atoms with Gasteiger partial charge in [-0.05, 0) is 163 Å². The second-order valence-corrected chi connectivity index (χ2v) is 22.3. The van der Waals surface area contributed by atoms with Crippen LogP contribution in [0.2, 0.25) is 0 Å². The van der Waals surface area contributed by atoms with Crippen molar-refractivity contribution in [3.63, 3.8) is 0 Å². The summed E-state index contributed by atoms with van der Waals surface area (Å²) in [6, 6.07) is 93.6. The standard InChI is InChI=1S/C76H58N6/c1-3-21-57(22-4-1)81-71-29-15-11-25-65(71)67-49-63(43-45-73(67)81)79(61-41-31-51-17-7-9-19-55(51)47-61)59-37-33-53(34-38-59)75-76(78-70-28-14-13-27-69(70)77-75)54-35-39-60(40-36-54)80(62-42-32-52-18-8-10-20-56(52)48-62)64-44-46-74-68(50-64)66-26-12-16-30-72(66)82(74)58-23-5-2-6-24-58/h1,3-4,7-22,25-30,32-40,42-50,58H,2,5-6,23-24,31,41H2. The van der Waals surface area contributed by atoms with E-state index in [0.29, 0.717) is 6.04 Å². The van der Waals surface area contributed by atoms with E-state index in [-0.39, 0.29) is 0 Å². The zero-order valence-electron chi connectivity index (χ0n) is 45.5. The minimum absolute atomic E-state index is 0.516. The molecule has 0 aliphatic heterocycles. The van der Waals surface area contributed by atoms with E-state index in [9.17, 15) is 0 Å². The lowest BCUT2D eigenvalue weighted by Gasteiger charge is -2.31. The van der Waals surface area contributed by atoms with Gasteiger partial charge in [-0.25, -0.2) is 9.97 Å². The van der Waals surface area contributed by atoms with E-state index in [1.54, 1.807) is 0 Å². The van der Waals surface area contributed by atoms with Crippen molar-refractivity contribution in [2.24, 2.45) is 0 Å². The first-order valence-electron chi connectivity index (χ1n) is 29.1. The van der Waals surface area contributed by atoms with Crippen molar-refractivity contribution < 1.29 is 0 Å². The summed E-state index contributed by atoms with van der Waals surface area (Å²) in [4.78, 5) is 15.7. The molecule has 82 heavy (non-hydrogen) atoms. The van der Waals surface area contributed by atoms with Gasteiger partial charge in [0, 0.05) is 89.6 Å². The molecule has 6 heteroatoms. The van der Waals surface area contributed by atoms with Gasteiger partial charge in [0.05, 0.1) is 33.5 Å². The first kappa shape index (κ1) is 47.9. The van der Waals surface area contributed by atoms with Crippen molar-refractivity contribution >= 4 is 99.9 Å². The van der Waals surface area contributed by atoms with Crippen LogP contribution in [0.25, 0.3) is 99.7 Å². The van der Waals surface area contributed by atoms with Crippen LogP contribution in [0, 0.1) is 0 Å². The Balaban J connectivity index is 0.803. The fourth-order valence-corrected chi connectivity index (χ4v) is 13.6. The third-order valence-electron chi connectivity index (χ3n) is 17.5. The average molecular weight is 1060 g/mol. The van der Waals surface area contributed by atoms with Crippen LogP contribution in [-0.4, -0.2) is 19.1 Å². The number of allylic oxidation sites excluding steroid dienone is 1. The number of anilines is 5. The van der Waals surface area contributed by atoms with Gasteiger partial charge >= 0.3 is 0 Å². The summed E-state index contributed by atoms with van der Waals surface area (Å²) >= 11 is 0. The Morgan fingerprint density at radius 1 is 0.366 bits per heavy atom. The van der Waals surface area contributed by atoms with Crippen LogP contribution in [0.15, 0.2) is 260 Å². The smallest absolute Gasteiger partial charge is 0.0973 e. The van der Waals surface area contributed by atoms with Crippen molar-refractivity contribution in [1.29, 1.82) is 0 Å². The Morgan fingerprint density at radius 2 is 0.878 bits per heavy atom. The van der Waals surface area contributed by atoms with Crippen LogP contribution in [0.5, 0.6) is 0 Å². The molecule has 16 rings (SSSR count). The maximum absolute atomic E-state index is 5.43. The molecule has 0 amide bonds. The van der Waals surface area contributed by atoms with Crippen molar-refractivity contribution in [2.45, 2.75) is 51.0 Å². The fraction of sp³-hybridized carbons (Fsp3) is 0.105. The number of benzene rings is 11. The molecule has 14 aromatic rings. The van der Waals surface area contributed by atoms with Gasteiger partial charge in [-0.3, -0.25) is 0 Å². The monoisotopic (exact) mass is 1050 g/mol. The number of para-hydroxylation sites is 5. The molecule has 1 saturated carbocycles. The highest BCUT2D eigenvalue weighted by atomic mass is 15.2. The highest BCUT2D eigenvalue weighted by Gasteiger charge is 2.25. The van der Waals surface area contributed by atoms with Gasteiger partial charge in [0.25, 0.3) is 0 Å². The fourth-order valence-electron chi connectivity index (χ4n) is 13.6. The molecule has 0 bridgehead atoms. The minimum Gasteiger partial charge on any atom is -0.337 e. The topological polar surface area (TPSA) is 42.1 Å². The predicted octanol–water partition coefficient (Wildman–Crippen LogP) is 20.4. The first-order valence-corrected chi connectivity index (χ1v) is 29.1. The third-order valence-corrected chi connectivity index (χ3v) is 17.5. The molecule has 0 saturated heterocycles. The lowest BCUT2D eigenvalue weighted by molar-refractivity contribution is 0.367. The summed E-state index contributed by atoms with van der Waals surface area (Å²) in [6.45, 7) is 0. The molecule has 0 N–H and O–H groups in total. The van der Waals surface area contributed by atoms with Gasteiger partial charge in [0.2, 0.25) is 0 Å². The molecule has 3 aromatic heterocycles. The molecule has 2 aliphatic carbocycles. The largest absolute Gasteiger partial charge is 0.337 e. The molecular formula is C76H58N6. The predicted molar refractivity (Wildman–Crippen MR) is 343 cm³/mol. The second kappa shape index (κ2) is 19.9. The Morgan fingerprint density at radius 3 is 1.61 bits per heavy atom. The molecule has 0 radical (unpaired) electrons. The third kappa shape index (κ3) is 8.24. The van der Waals surface area contributed by atoms with E-state index in [4.69, 9.17) is 9.97 Å². The molecule has 2 aliphatic rings. The maximum Gasteiger partial charge on any atom is 0.0973 e. The van der Waals surface area contributed by atoms with Crippen molar-refractivity contribution in [3.05, 3.63) is 272 Å². The van der Waals surface area contributed by atoms with Gasteiger partial charge in [-0.15, -0.1) is 0 Å². The maximum atomic E-state index is 5.43. The number of rotatable bonds is 10. The summed E-state index contributed by atoms with van der Waals surface area (Å²) < 4.78 is 5.03.